The van der Waals surface area contributed by atoms with Gasteiger partial charge in [0.15, 0.2) is 0 Å². The van der Waals surface area contributed by atoms with E-state index in [1.807, 2.05) is 19.9 Å². The van der Waals surface area contributed by atoms with Crippen LogP contribution in [0.5, 0.6) is 0 Å². The fourth-order valence-corrected chi connectivity index (χ4v) is 2.00. The number of nitriles is 1. The van der Waals surface area contributed by atoms with Crippen LogP contribution in [-0.4, -0.2) is 4.98 Å². The Labute approximate surface area is 116 Å². The number of aromatic nitrogens is 1. The fourth-order valence-electron chi connectivity index (χ4n) is 1.83. The maximum Gasteiger partial charge on any atom is 0.148 e. The lowest BCUT2D eigenvalue weighted by atomic mass is 10.1. The number of benzene rings is 1. The first-order valence-corrected chi connectivity index (χ1v) is 6.09. The number of pyridine rings is 1. The molecule has 0 radical (unpaired) electrons. The number of rotatable bonds is 2. The minimum atomic E-state index is 0.493. The lowest BCUT2D eigenvalue weighted by molar-refractivity contribution is 1.16. The van der Waals surface area contributed by atoms with Crippen LogP contribution in [0.2, 0.25) is 5.02 Å². The van der Waals surface area contributed by atoms with Gasteiger partial charge in [0, 0.05) is 11.4 Å². The van der Waals surface area contributed by atoms with E-state index in [1.165, 1.54) is 0 Å². The van der Waals surface area contributed by atoms with E-state index in [0.29, 0.717) is 27.8 Å². The summed E-state index contributed by atoms with van der Waals surface area (Å²) in [6, 6.07) is 9.14. The first-order valence-electron chi connectivity index (χ1n) is 5.71. The molecule has 96 valence electrons. The quantitative estimate of drug-likeness (QED) is 0.820. The van der Waals surface area contributed by atoms with Crippen LogP contribution >= 0.6 is 11.6 Å². The number of nitrogen functional groups attached to an aromatic ring is 1. The van der Waals surface area contributed by atoms with Gasteiger partial charge in [0.25, 0.3) is 0 Å². The van der Waals surface area contributed by atoms with E-state index in [4.69, 9.17) is 17.3 Å². The van der Waals surface area contributed by atoms with E-state index in [-0.39, 0.29) is 0 Å². The maximum absolute atomic E-state index is 9.20. The number of anilines is 3. The monoisotopic (exact) mass is 272 g/mol. The summed E-state index contributed by atoms with van der Waals surface area (Å²) in [4.78, 5) is 4.34. The Hall–Kier alpha value is -2.25. The zero-order valence-corrected chi connectivity index (χ0v) is 11.4. The summed E-state index contributed by atoms with van der Waals surface area (Å²) >= 11 is 6.09. The van der Waals surface area contributed by atoms with Crippen LogP contribution in [0.1, 0.15) is 16.8 Å². The average molecular weight is 273 g/mol. The number of nitrogens with two attached hydrogens (primary N) is 1. The maximum atomic E-state index is 9.20. The Morgan fingerprint density at radius 1 is 1.32 bits per heavy atom. The van der Waals surface area contributed by atoms with E-state index < -0.39 is 0 Å². The lowest BCUT2D eigenvalue weighted by Crippen LogP contribution is -2.01. The molecule has 0 aliphatic rings. The first-order chi connectivity index (χ1) is 9.01. The fraction of sp³-hybridized carbons (Fsp3) is 0.143. The number of nitrogens with zero attached hydrogens (tertiary/aromatic N) is 2. The van der Waals surface area contributed by atoms with Crippen molar-refractivity contribution >= 4 is 28.8 Å². The van der Waals surface area contributed by atoms with Crippen molar-refractivity contribution in [1.82, 2.24) is 4.98 Å². The largest absolute Gasteiger partial charge is 0.399 e. The molecular formula is C14H13ClN4. The van der Waals surface area contributed by atoms with Gasteiger partial charge in [-0.1, -0.05) is 11.6 Å². The SMILES string of the molecule is Cc1cc(C)c(C#N)c(Nc2cc(N)ccc2Cl)n1. The number of halogens is 1. The second-order valence-corrected chi connectivity index (χ2v) is 4.69. The van der Waals surface area contributed by atoms with Gasteiger partial charge in [0.1, 0.15) is 11.9 Å². The van der Waals surface area contributed by atoms with Crippen molar-refractivity contribution in [2.75, 3.05) is 11.1 Å². The summed E-state index contributed by atoms with van der Waals surface area (Å²) in [6.07, 6.45) is 0. The van der Waals surface area contributed by atoms with Gasteiger partial charge in [0.05, 0.1) is 16.3 Å². The molecular weight excluding hydrogens is 260 g/mol. The van der Waals surface area contributed by atoms with Gasteiger partial charge < -0.3 is 11.1 Å². The van der Waals surface area contributed by atoms with Crippen molar-refractivity contribution in [3.8, 4) is 6.07 Å². The Kier molecular flexibility index (Phi) is 3.59. The number of hydrogen-bond donors (Lipinski definition) is 2. The molecule has 2 aromatic rings. The highest BCUT2D eigenvalue weighted by molar-refractivity contribution is 6.33. The van der Waals surface area contributed by atoms with Crippen molar-refractivity contribution < 1.29 is 0 Å². The van der Waals surface area contributed by atoms with Crippen LogP contribution in [0, 0.1) is 25.2 Å². The second kappa shape index (κ2) is 5.17. The van der Waals surface area contributed by atoms with Crippen LogP contribution in [0.15, 0.2) is 24.3 Å². The molecule has 0 aliphatic heterocycles. The molecule has 2 rings (SSSR count). The molecule has 0 fully saturated rings. The molecule has 0 saturated heterocycles. The third-order valence-corrected chi connectivity index (χ3v) is 3.03. The molecule has 0 spiro atoms. The Bertz CT molecular complexity index is 674. The van der Waals surface area contributed by atoms with Gasteiger partial charge in [0.2, 0.25) is 0 Å². The van der Waals surface area contributed by atoms with Crippen LogP contribution in [-0.2, 0) is 0 Å². The highest BCUT2D eigenvalue weighted by Gasteiger charge is 2.10. The number of hydrogen-bond acceptors (Lipinski definition) is 4. The molecule has 19 heavy (non-hydrogen) atoms. The highest BCUT2D eigenvalue weighted by atomic mass is 35.5. The molecule has 0 amide bonds. The molecule has 3 N–H and O–H groups in total. The third-order valence-electron chi connectivity index (χ3n) is 2.70. The topological polar surface area (TPSA) is 74.7 Å². The molecule has 1 heterocycles. The van der Waals surface area contributed by atoms with Crippen molar-refractivity contribution in [2.24, 2.45) is 0 Å². The van der Waals surface area contributed by atoms with Crippen LogP contribution in [0.4, 0.5) is 17.2 Å². The third kappa shape index (κ3) is 2.78. The summed E-state index contributed by atoms with van der Waals surface area (Å²) in [6.45, 7) is 3.75. The summed E-state index contributed by atoms with van der Waals surface area (Å²) in [5.41, 5.74) is 9.16. The predicted octanol–water partition coefficient (Wildman–Crippen LogP) is 3.55. The molecule has 0 bridgehead atoms. The van der Waals surface area contributed by atoms with E-state index in [2.05, 4.69) is 16.4 Å². The normalized spacial score (nSPS) is 10.0. The Morgan fingerprint density at radius 3 is 2.74 bits per heavy atom. The zero-order valence-electron chi connectivity index (χ0n) is 10.7. The van der Waals surface area contributed by atoms with Crippen LogP contribution in [0.25, 0.3) is 0 Å². The van der Waals surface area contributed by atoms with Crippen molar-refractivity contribution in [2.45, 2.75) is 13.8 Å². The van der Waals surface area contributed by atoms with Crippen molar-refractivity contribution in [3.63, 3.8) is 0 Å². The number of aryl methyl sites for hydroxylation is 2. The highest BCUT2D eigenvalue weighted by Crippen LogP contribution is 2.29. The molecule has 0 saturated carbocycles. The average Bonchev–Trinajstić information content (AvgIpc) is 2.33. The van der Waals surface area contributed by atoms with Crippen LogP contribution < -0.4 is 11.1 Å². The van der Waals surface area contributed by atoms with E-state index >= 15 is 0 Å². The molecule has 1 aromatic heterocycles. The molecule has 5 heteroatoms. The van der Waals surface area contributed by atoms with Gasteiger partial charge in [-0.3, -0.25) is 0 Å². The predicted molar refractivity (Wildman–Crippen MR) is 77.6 cm³/mol. The summed E-state index contributed by atoms with van der Waals surface area (Å²) < 4.78 is 0. The van der Waals surface area contributed by atoms with E-state index in [1.54, 1.807) is 18.2 Å². The standard InChI is InChI=1S/C14H13ClN4/c1-8-5-9(2)18-14(11(8)7-16)19-13-6-10(17)3-4-12(13)15/h3-6H,17H2,1-2H3,(H,18,19). The van der Waals surface area contributed by atoms with Crippen molar-refractivity contribution in [1.29, 1.82) is 5.26 Å². The van der Waals surface area contributed by atoms with Crippen molar-refractivity contribution in [3.05, 3.63) is 46.1 Å². The van der Waals surface area contributed by atoms with Gasteiger partial charge in [-0.15, -0.1) is 0 Å². The van der Waals surface area contributed by atoms with E-state index in [9.17, 15) is 5.26 Å². The minimum Gasteiger partial charge on any atom is -0.399 e. The summed E-state index contributed by atoms with van der Waals surface area (Å²) in [7, 11) is 0. The lowest BCUT2D eigenvalue weighted by Gasteiger charge is -2.12. The number of nitrogens with one attached hydrogen (secondary N) is 1. The molecule has 0 unspecified atom stereocenters. The molecule has 4 nitrogen and oxygen atoms in total. The van der Waals surface area contributed by atoms with Gasteiger partial charge >= 0.3 is 0 Å². The van der Waals surface area contributed by atoms with Gasteiger partial charge in [-0.05, 0) is 43.7 Å². The van der Waals surface area contributed by atoms with E-state index in [0.717, 1.165) is 11.3 Å². The second-order valence-electron chi connectivity index (χ2n) is 4.28. The summed E-state index contributed by atoms with van der Waals surface area (Å²) in [5.74, 6) is 0.493. The zero-order chi connectivity index (χ0) is 14.0. The molecule has 0 atom stereocenters. The first kappa shape index (κ1) is 13.2. The van der Waals surface area contributed by atoms with Gasteiger partial charge in [-0.25, -0.2) is 4.98 Å². The van der Waals surface area contributed by atoms with Gasteiger partial charge in [-0.2, -0.15) is 5.26 Å². The Morgan fingerprint density at radius 2 is 2.05 bits per heavy atom. The van der Waals surface area contributed by atoms with Crippen LogP contribution in [0.3, 0.4) is 0 Å². The summed E-state index contributed by atoms with van der Waals surface area (Å²) in [5, 5.41) is 12.8. The molecule has 0 aliphatic carbocycles. The molecule has 1 aromatic carbocycles. The minimum absolute atomic E-state index is 0.493. The smallest absolute Gasteiger partial charge is 0.148 e. The Balaban J connectivity index is 2.49.